The second-order valence-corrected chi connectivity index (χ2v) is 10.7. The van der Waals surface area contributed by atoms with Gasteiger partial charge in [-0.3, -0.25) is 4.79 Å². The van der Waals surface area contributed by atoms with Gasteiger partial charge in [0.1, 0.15) is 11.5 Å². The third-order valence-corrected chi connectivity index (χ3v) is 7.72. The third kappa shape index (κ3) is 10.7. The van der Waals surface area contributed by atoms with E-state index in [0.29, 0.717) is 6.42 Å². The fourth-order valence-corrected chi connectivity index (χ4v) is 5.36. The van der Waals surface area contributed by atoms with Crippen LogP contribution in [-0.4, -0.2) is 46.1 Å². The van der Waals surface area contributed by atoms with E-state index in [2.05, 4.69) is 13.8 Å². The van der Waals surface area contributed by atoms with Crippen molar-refractivity contribution < 1.29 is 15.0 Å². The van der Waals surface area contributed by atoms with Crippen molar-refractivity contribution in [3.8, 4) is 11.5 Å². The average Bonchev–Trinajstić information content (AvgIpc) is 2.88. The Labute approximate surface area is 222 Å². The van der Waals surface area contributed by atoms with Crippen LogP contribution in [-0.2, 0) is 4.79 Å². The molecule has 0 radical (unpaired) electrons. The van der Waals surface area contributed by atoms with Gasteiger partial charge in [-0.25, -0.2) is 0 Å². The van der Waals surface area contributed by atoms with Gasteiger partial charge in [-0.2, -0.15) is 11.8 Å². The Kier molecular flexibility index (Phi) is 14.2. The predicted octanol–water partition coefficient (Wildman–Crippen LogP) is 8.14. The number of phenols is 2. The van der Waals surface area contributed by atoms with Gasteiger partial charge in [-0.1, -0.05) is 57.4 Å². The summed E-state index contributed by atoms with van der Waals surface area (Å²) in [5.74, 6) is 3.14. The summed E-state index contributed by atoms with van der Waals surface area (Å²) in [6.45, 7) is 5.23. The highest BCUT2D eigenvalue weighted by molar-refractivity contribution is 7.99. The summed E-state index contributed by atoms with van der Waals surface area (Å²) in [6, 6.07) is 14.8. The average molecular weight is 512 g/mol. The number of carbonyl (C=O) groups excluding carboxylic acids is 1. The van der Waals surface area contributed by atoms with Crippen LogP contribution in [0.4, 0.5) is 0 Å². The topological polar surface area (TPSA) is 60.8 Å². The molecular formula is C31H45NO3S. The molecule has 0 bridgehead atoms. The second-order valence-electron chi connectivity index (χ2n) is 9.45. The van der Waals surface area contributed by atoms with E-state index < -0.39 is 0 Å². The molecule has 0 aromatic heterocycles. The number of carbonyl (C=O) groups is 1. The van der Waals surface area contributed by atoms with Gasteiger partial charge in [0.15, 0.2) is 0 Å². The van der Waals surface area contributed by atoms with E-state index >= 15 is 0 Å². The molecule has 1 amide bonds. The normalized spacial score (nSPS) is 11.9. The summed E-state index contributed by atoms with van der Waals surface area (Å²) in [5.41, 5.74) is 4.74. The molecule has 4 nitrogen and oxygen atoms in total. The number of phenolic OH excluding ortho intramolecular Hbond substituents is 2. The molecule has 0 saturated heterocycles. The Morgan fingerprint density at radius 1 is 0.722 bits per heavy atom. The van der Waals surface area contributed by atoms with Crippen molar-refractivity contribution in [2.75, 3.05) is 25.1 Å². The van der Waals surface area contributed by atoms with Gasteiger partial charge in [-0.15, -0.1) is 0 Å². The van der Waals surface area contributed by atoms with Crippen LogP contribution in [0.5, 0.6) is 11.5 Å². The van der Waals surface area contributed by atoms with Crippen LogP contribution in [0.3, 0.4) is 0 Å². The van der Waals surface area contributed by atoms with Gasteiger partial charge in [0.25, 0.3) is 0 Å². The summed E-state index contributed by atoms with van der Waals surface area (Å²) in [5, 5.41) is 19.5. The SMILES string of the molecule is CCCCCSCCCN(C)C(=O)CCCCC/C(=C(/CC)c1ccc(O)cc1)c1ccc(O)cc1. The lowest BCUT2D eigenvalue weighted by atomic mass is 9.89. The molecule has 0 fully saturated rings. The van der Waals surface area contributed by atoms with E-state index in [1.807, 2.05) is 48.0 Å². The number of nitrogens with zero attached hydrogens (tertiary/aromatic N) is 1. The lowest BCUT2D eigenvalue weighted by Gasteiger charge is -2.18. The van der Waals surface area contributed by atoms with Crippen molar-refractivity contribution in [1.82, 2.24) is 4.90 Å². The van der Waals surface area contributed by atoms with Gasteiger partial charge in [0, 0.05) is 20.0 Å². The Hall–Kier alpha value is -2.40. The van der Waals surface area contributed by atoms with Crippen molar-refractivity contribution in [3.63, 3.8) is 0 Å². The third-order valence-electron chi connectivity index (χ3n) is 6.57. The van der Waals surface area contributed by atoms with Gasteiger partial charge >= 0.3 is 0 Å². The molecule has 0 unspecified atom stereocenters. The molecule has 2 N–H and O–H groups in total. The van der Waals surface area contributed by atoms with E-state index in [0.717, 1.165) is 61.9 Å². The van der Waals surface area contributed by atoms with Crippen LogP contribution in [0.1, 0.15) is 89.2 Å². The summed E-state index contributed by atoms with van der Waals surface area (Å²) < 4.78 is 0. The van der Waals surface area contributed by atoms with Gasteiger partial charge in [-0.05, 0) is 96.6 Å². The molecule has 2 aromatic rings. The van der Waals surface area contributed by atoms with E-state index in [1.54, 1.807) is 24.3 Å². The quantitative estimate of drug-likeness (QED) is 0.166. The first-order valence-electron chi connectivity index (χ1n) is 13.6. The highest BCUT2D eigenvalue weighted by Gasteiger charge is 2.12. The summed E-state index contributed by atoms with van der Waals surface area (Å²) in [4.78, 5) is 14.4. The Morgan fingerprint density at radius 3 is 1.86 bits per heavy atom. The highest BCUT2D eigenvalue weighted by atomic mass is 32.2. The molecule has 2 aromatic carbocycles. The van der Waals surface area contributed by atoms with Crippen LogP contribution < -0.4 is 0 Å². The molecule has 5 heteroatoms. The zero-order valence-electron chi connectivity index (χ0n) is 22.5. The number of aromatic hydroxyl groups is 2. The van der Waals surface area contributed by atoms with Crippen molar-refractivity contribution in [2.45, 2.75) is 78.1 Å². The molecule has 0 aliphatic carbocycles. The Bertz CT molecular complexity index is 922. The van der Waals surface area contributed by atoms with Crippen LogP contribution in [0.2, 0.25) is 0 Å². The summed E-state index contributed by atoms with van der Waals surface area (Å²) in [6.07, 6.45) is 10.2. The first-order valence-corrected chi connectivity index (χ1v) is 14.7. The van der Waals surface area contributed by atoms with E-state index in [1.165, 1.54) is 36.2 Å². The molecule has 0 heterocycles. The first-order chi connectivity index (χ1) is 17.5. The predicted molar refractivity (Wildman–Crippen MR) is 156 cm³/mol. The lowest BCUT2D eigenvalue weighted by Crippen LogP contribution is -2.27. The van der Waals surface area contributed by atoms with Gasteiger partial charge < -0.3 is 15.1 Å². The molecule has 0 saturated carbocycles. The number of thioether (sulfide) groups is 1. The molecule has 0 atom stereocenters. The van der Waals surface area contributed by atoms with E-state index in [-0.39, 0.29) is 17.4 Å². The van der Waals surface area contributed by atoms with Gasteiger partial charge in [0.05, 0.1) is 0 Å². The fraction of sp³-hybridized carbons (Fsp3) is 0.516. The first kappa shape index (κ1) is 29.8. The fourth-order valence-electron chi connectivity index (χ4n) is 4.42. The zero-order valence-corrected chi connectivity index (χ0v) is 23.3. The minimum Gasteiger partial charge on any atom is -0.508 e. The monoisotopic (exact) mass is 511 g/mol. The lowest BCUT2D eigenvalue weighted by molar-refractivity contribution is -0.130. The maximum atomic E-state index is 12.5. The van der Waals surface area contributed by atoms with Crippen molar-refractivity contribution in [3.05, 3.63) is 59.7 Å². The maximum absolute atomic E-state index is 12.5. The second kappa shape index (κ2) is 17.1. The largest absolute Gasteiger partial charge is 0.508 e. The maximum Gasteiger partial charge on any atom is 0.222 e. The number of hydrogen-bond acceptors (Lipinski definition) is 4. The molecule has 0 spiro atoms. The number of amides is 1. The summed E-state index contributed by atoms with van der Waals surface area (Å²) >= 11 is 2.01. The van der Waals surface area contributed by atoms with E-state index in [4.69, 9.17) is 0 Å². The van der Waals surface area contributed by atoms with Crippen LogP contribution in [0.25, 0.3) is 11.1 Å². The minimum absolute atomic E-state index is 0.249. The number of hydrogen-bond donors (Lipinski definition) is 2. The molecule has 36 heavy (non-hydrogen) atoms. The van der Waals surface area contributed by atoms with Crippen molar-refractivity contribution >= 4 is 28.8 Å². The smallest absolute Gasteiger partial charge is 0.222 e. The molecular weight excluding hydrogens is 466 g/mol. The van der Waals surface area contributed by atoms with Crippen LogP contribution in [0.15, 0.2) is 48.5 Å². The molecule has 0 aliphatic rings. The number of allylic oxidation sites excluding steroid dienone is 2. The molecule has 198 valence electrons. The number of rotatable bonds is 17. The number of unbranched alkanes of at least 4 members (excludes halogenated alkanes) is 4. The molecule has 0 aliphatic heterocycles. The van der Waals surface area contributed by atoms with Crippen LogP contribution >= 0.6 is 11.8 Å². The summed E-state index contributed by atoms with van der Waals surface area (Å²) in [7, 11) is 1.93. The zero-order chi connectivity index (χ0) is 26.2. The standard InChI is InChI=1S/C31H45NO3S/c1-4-6-10-23-36-24-11-22-32(3)31(35)13-9-7-8-12-30(26-16-20-28(34)21-17-26)29(5-2)25-14-18-27(33)19-15-25/h14-21,33-34H,4-13,22-24H2,1-3H3/b30-29+. The van der Waals surface area contributed by atoms with Crippen LogP contribution in [0, 0.1) is 0 Å². The molecule has 2 rings (SSSR count). The van der Waals surface area contributed by atoms with Crippen molar-refractivity contribution in [1.29, 1.82) is 0 Å². The van der Waals surface area contributed by atoms with E-state index in [9.17, 15) is 15.0 Å². The number of benzene rings is 2. The Balaban J connectivity index is 1.86. The highest BCUT2D eigenvalue weighted by Crippen LogP contribution is 2.34. The Morgan fingerprint density at radius 2 is 1.28 bits per heavy atom. The van der Waals surface area contributed by atoms with Gasteiger partial charge in [0.2, 0.25) is 5.91 Å². The van der Waals surface area contributed by atoms with Crippen molar-refractivity contribution in [2.24, 2.45) is 0 Å². The minimum atomic E-state index is 0.249.